The average molecular weight is 424 g/mol. The Hall–Kier alpha value is -2.04. The van der Waals surface area contributed by atoms with Crippen LogP contribution in [0.25, 0.3) is 0 Å². The summed E-state index contributed by atoms with van der Waals surface area (Å²) in [7, 11) is -3.01. The van der Waals surface area contributed by atoms with Crippen LogP contribution in [0.2, 0.25) is 0 Å². The molecule has 0 aliphatic rings. The Morgan fingerprint density at radius 2 is 2.04 bits per heavy atom. The van der Waals surface area contributed by atoms with Crippen LogP contribution in [0.1, 0.15) is 32.3 Å². The number of nitrogens with zero attached hydrogens (tertiary/aromatic N) is 2. The molecule has 160 valence electrons. The molecule has 1 rings (SSSR count). The van der Waals surface area contributed by atoms with Gasteiger partial charge in [-0.25, -0.2) is 13.4 Å². The van der Waals surface area contributed by atoms with E-state index < -0.39 is 21.6 Å². The van der Waals surface area contributed by atoms with Crippen molar-refractivity contribution in [2.45, 2.75) is 38.9 Å². The summed E-state index contributed by atoms with van der Waals surface area (Å²) >= 11 is 0. The lowest BCUT2D eigenvalue weighted by atomic mass is 10.3. The zero-order chi connectivity index (χ0) is 21.2. The molecule has 0 aliphatic heterocycles. The van der Waals surface area contributed by atoms with E-state index in [1.807, 2.05) is 13.8 Å². The normalized spacial score (nSPS) is 13.9. The summed E-state index contributed by atoms with van der Waals surface area (Å²) in [6.45, 7) is 5.47. The topological polar surface area (TPSA) is 95.5 Å². The molecule has 0 aromatic carbocycles. The number of anilines is 1. The van der Waals surface area contributed by atoms with E-state index in [0.29, 0.717) is 44.3 Å². The number of aliphatic imine (C=N–C) groups is 1. The van der Waals surface area contributed by atoms with Crippen LogP contribution in [-0.4, -0.2) is 57.0 Å². The number of hydrogen-bond acceptors (Lipinski definition) is 5. The van der Waals surface area contributed by atoms with Gasteiger partial charge in [-0.05, 0) is 38.8 Å². The highest BCUT2D eigenvalue weighted by atomic mass is 32.2. The van der Waals surface area contributed by atoms with Gasteiger partial charge in [-0.1, -0.05) is 0 Å². The van der Waals surface area contributed by atoms with Gasteiger partial charge in [-0.3, -0.25) is 4.99 Å². The lowest BCUT2D eigenvalue weighted by Gasteiger charge is -2.17. The summed E-state index contributed by atoms with van der Waals surface area (Å²) < 4.78 is 59.9. The minimum Gasteiger partial charge on any atom is -0.370 e. The molecule has 0 saturated carbocycles. The van der Waals surface area contributed by atoms with Crippen LogP contribution in [0, 0.1) is 0 Å². The van der Waals surface area contributed by atoms with E-state index in [2.05, 4.69) is 25.9 Å². The number of halogens is 3. The Labute approximate surface area is 164 Å². The van der Waals surface area contributed by atoms with E-state index in [0.717, 1.165) is 12.3 Å². The van der Waals surface area contributed by atoms with Gasteiger partial charge < -0.3 is 16.0 Å². The fourth-order valence-corrected chi connectivity index (χ4v) is 2.95. The number of rotatable bonds is 10. The molecule has 7 nitrogen and oxygen atoms in total. The standard InChI is InChI=1S/C17H28F3N5O2S/c1-4-21-16(25-13(2)8-11-28(3,26)27)23-10-5-9-22-15-7-6-14(12-24-15)17(18,19)20/h6-7,12-13H,4-5,8-11H2,1-3H3,(H,22,24)(H2,21,23,25). The molecular formula is C17H28F3N5O2S. The van der Waals surface area contributed by atoms with Crippen LogP contribution in [0.5, 0.6) is 0 Å². The van der Waals surface area contributed by atoms with Crippen molar-refractivity contribution in [1.82, 2.24) is 15.6 Å². The molecular weight excluding hydrogens is 395 g/mol. The Morgan fingerprint density at radius 3 is 2.57 bits per heavy atom. The monoisotopic (exact) mass is 423 g/mol. The number of nitrogens with one attached hydrogen (secondary N) is 3. The first kappa shape index (κ1) is 24.0. The van der Waals surface area contributed by atoms with E-state index in [-0.39, 0.29) is 11.8 Å². The zero-order valence-electron chi connectivity index (χ0n) is 16.3. The molecule has 0 spiro atoms. The zero-order valence-corrected chi connectivity index (χ0v) is 17.1. The van der Waals surface area contributed by atoms with E-state index in [1.54, 1.807) is 0 Å². The van der Waals surface area contributed by atoms with Crippen molar-refractivity contribution in [3.05, 3.63) is 23.9 Å². The van der Waals surface area contributed by atoms with Crippen LogP contribution >= 0.6 is 0 Å². The van der Waals surface area contributed by atoms with Crippen LogP contribution in [-0.2, 0) is 16.0 Å². The Kier molecular flexibility index (Phi) is 9.50. The van der Waals surface area contributed by atoms with E-state index >= 15 is 0 Å². The van der Waals surface area contributed by atoms with Gasteiger partial charge >= 0.3 is 6.18 Å². The summed E-state index contributed by atoms with van der Waals surface area (Å²) in [6.07, 6.45) is -1.27. The summed E-state index contributed by atoms with van der Waals surface area (Å²) in [5, 5.41) is 9.20. The molecule has 1 unspecified atom stereocenters. The van der Waals surface area contributed by atoms with Gasteiger partial charge in [-0.15, -0.1) is 0 Å². The summed E-state index contributed by atoms with van der Waals surface area (Å²) in [4.78, 5) is 8.16. The molecule has 1 atom stereocenters. The summed E-state index contributed by atoms with van der Waals surface area (Å²) in [5.74, 6) is 1.07. The Morgan fingerprint density at radius 1 is 1.32 bits per heavy atom. The van der Waals surface area contributed by atoms with Crippen LogP contribution in [0.3, 0.4) is 0 Å². The van der Waals surface area contributed by atoms with Gasteiger partial charge in [0, 0.05) is 38.1 Å². The van der Waals surface area contributed by atoms with Gasteiger partial charge in [-0.2, -0.15) is 13.2 Å². The van der Waals surface area contributed by atoms with Crippen molar-refractivity contribution in [3.8, 4) is 0 Å². The first-order valence-corrected chi connectivity index (χ1v) is 11.1. The highest BCUT2D eigenvalue weighted by molar-refractivity contribution is 7.90. The smallest absolute Gasteiger partial charge is 0.370 e. The van der Waals surface area contributed by atoms with Crippen LogP contribution in [0.4, 0.5) is 19.0 Å². The van der Waals surface area contributed by atoms with E-state index in [4.69, 9.17) is 0 Å². The predicted molar refractivity (Wildman–Crippen MR) is 105 cm³/mol. The molecule has 0 fully saturated rings. The minimum atomic E-state index is -4.39. The van der Waals surface area contributed by atoms with Gasteiger partial charge in [0.1, 0.15) is 15.7 Å². The molecule has 0 aliphatic carbocycles. The maximum absolute atomic E-state index is 12.5. The number of hydrogen-bond donors (Lipinski definition) is 3. The third-order valence-electron chi connectivity index (χ3n) is 3.65. The molecule has 0 bridgehead atoms. The second-order valence-corrected chi connectivity index (χ2v) is 8.69. The SMILES string of the molecule is CCNC(=NCCCNc1ccc(C(F)(F)F)cn1)NC(C)CCS(C)(=O)=O. The second-order valence-electron chi connectivity index (χ2n) is 6.43. The van der Waals surface area contributed by atoms with Crippen molar-refractivity contribution in [3.63, 3.8) is 0 Å². The highest BCUT2D eigenvalue weighted by Gasteiger charge is 2.30. The largest absolute Gasteiger partial charge is 0.417 e. The number of guanidine groups is 1. The van der Waals surface area contributed by atoms with E-state index in [1.165, 1.54) is 12.3 Å². The number of sulfone groups is 1. The predicted octanol–water partition coefficient (Wildman–Crippen LogP) is 2.28. The first-order chi connectivity index (χ1) is 13.0. The fourth-order valence-electron chi connectivity index (χ4n) is 2.17. The Balaban J connectivity index is 2.41. The molecule has 0 amide bonds. The molecule has 0 radical (unpaired) electrons. The molecule has 1 heterocycles. The third-order valence-corrected chi connectivity index (χ3v) is 4.63. The number of aromatic nitrogens is 1. The summed E-state index contributed by atoms with van der Waals surface area (Å²) in [6, 6.07) is 2.22. The van der Waals surface area contributed by atoms with Crippen molar-refractivity contribution in [2.24, 2.45) is 4.99 Å². The maximum atomic E-state index is 12.5. The van der Waals surface area contributed by atoms with Crippen LogP contribution < -0.4 is 16.0 Å². The average Bonchev–Trinajstić information content (AvgIpc) is 2.59. The van der Waals surface area contributed by atoms with Gasteiger partial charge in [0.05, 0.1) is 11.3 Å². The molecule has 11 heteroatoms. The highest BCUT2D eigenvalue weighted by Crippen LogP contribution is 2.28. The van der Waals surface area contributed by atoms with Crippen molar-refractivity contribution < 1.29 is 21.6 Å². The Bertz CT molecular complexity index is 721. The first-order valence-electron chi connectivity index (χ1n) is 9.01. The summed E-state index contributed by atoms with van der Waals surface area (Å²) in [5.41, 5.74) is -0.783. The quantitative estimate of drug-likeness (QED) is 0.304. The third kappa shape index (κ3) is 10.3. The lowest BCUT2D eigenvalue weighted by Crippen LogP contribution is -2.43. The molecule has 1 aromatic rings. The maximum Gasteiger partial charge on any atom is 0.417 e. The minimum absolute atomic E-state index is 0.0537. The van der Waals surface area contributed by atoms with Gasteiger partial charge in [0.2, 0.25) is 0 Å². The molecule has 3 N–H and O–H groups in total. The molecule has 1 aromatic heterocycles. The van der Waals surface area contributed by atoms with Crippen molar-refractivity contribution in [2.75, 3.05) is 37.0 Å². The van der Waals surface area contributed by atoms with E-state index in [9.17, 15) is 21.6 Å². The molecule has 0 saturated heterocycles. The van der Waals surface area contributed by atoms with Gasteiger partial charge in [0.25, 0.3) is 0 Å². The molecule has 28 heavy (non-hydrogen) atoms. The van der Waals surface area contributed by atoms with Gasteiger partial charge in [0.15, 0.2) is 5.96 Å². The fraction of sp³-hybridized carbons (Fsp3) is 0.647. The lowest BCUT2D eigenvalue weighted by molar-refractivity contribution is -0.137. The van der Waals surface area contributed by atoms with Crippen LogP contribution in [0.15, 0.2) is 23.3 Å². The van der Waals surface area contributed by atoms with Crippen molar-refractivity contribution >= 4 is 21.6 Å². The van der Waals surface area contributed by atoms with Crippen molar-refractivity contribution in [1.29, 1.82) is 0 Å². The number of alkyl halides is 3. The number of pyridine rings is 1. The second kappa shape index (κ2) is 11.1.